The zero-order valence-corrected chi connectivity index (χ0v) is 12.4. The summed E-state index contributed by atoms with van der Waals surface area (Å²) in [6, 6.07) is 4.81. The molecule has 21 heavy (non-hydrogen) atoms. The van der Waals surface area contributed by atoms with Crippen LogP contribution in [0.25, 0.3) is 0 Å². The van der Waals surface area contributed by atoms with Gasteiger partial charge in [0, 0.05) is 25.7 Å². The Balaban J connectivity index is 2.25. The first-order valence-electron chi connectivity index (χ1n) is 7.63. The van der Waals surface area contributed by atoms with Crippen molar-refractivity contribution in [1.82, 2.24) is 4.90 Å². The number of benzene rings is 1. The second-order valence-corrected chi connectivity index (χ2v) is 5.35. The topological polar surface area (TPSA) is 52.6 Å². The van der Waals surface area contributed by atoms with Gasteiger partial charge in [0.1, 0.15) is 5.82 Å². The fraction of sp³-hybridized carbons (Fsp3) is 0.562. The lowest BCUT2D eigenvalue weighted by atomic mass is 9.90. The van der Waals surface area contributed by atoms with E-state index in [2.05, 4.69) is 5.32 Å². The van der Waals surface area contributed by atoms with E-state index in [4.69, 9.17) is 5.11 Å². The number of halogens is 1. The summed E-state index contributed by atoms with van der Waals surface area (Å²) in [5.74, 6) is -0.554. The monoisotopic (exact) mass is 294 g/mol. The maximum absolute atomic E-state index is 13.9. The van der Waals surface area contributed by atoms with Crippen molar-refractivity contribution >= 4 is 11.6 Å². The second-order valence-electron chi connectivity index (χ2n) is 5.35. The van der Waals surface area contributed by atoms with Crippen molar-refractivity contribution in [2.45, 2.75) is 38.6 Å². The van der Waals surface area contributed by atoms with E-state index in [1.807, 2.05) is 6.92 Å². The zero-order chi connectivity index (χ0) is 15.2. The lowest BCUT2D eigenvalue weighted by molar-refractivity contribution is 0.0563. The Hall–Kier alpha value is -1.62. The highest BCUT2D eigenvalue weighted by molar-refractivity contribution is 6.00. The lowest BCUT2D eigenvalue weighted by Gasteiger charge is -2.38. The van der Waals surface area contributed by atoms with Crippen molar-refractivity contribution in [1.29, 1.82) is 0 Å². The molecule has 1 aliphatic carbocycles. The molecule has 0 aliphatic heterocycles. The van der Waals surface area contributed by atoms with Crippen LogP contribution in [0, 0.1) is 5.82 Å². The molecule has 2 rings (SSSR count). The fourth-order valence-corrected chi connectivity index (χ4v) is 2.60. The molecule has 0 saturated heterocycles. The number of nitrogens with zero attached hydrogens (tertiary/aromatic N) is 1. The number of nitrogens with one attached hydrogen (secondary N) is 1. The smallest absolute Gasteiger partial charge is 0.256 e. The lowest BCUT2D eigenvalue weighted by Crippen LogP contribution is -2.45. The van der Waals surface area contributed by atoms with Gasteiger partial charge in [-0.15, -0.1) is 0 Å². The largest absolute Gasteiger partial charge is 0.396 e. The molecule has 1 fully saturated rings. The molecule has 0 aromatic heterocycles. The number of hydrogen-bond acceptors (Lipinski definition) is 3. The third kappa shape index (κ3) is 3.53. The summed E-state index contributed by atoms with van der Waals surface area (Å²) in [6.45, 7) is 3.00. The average molecular weight is 294 g/mol. The maximum Gasteiger partial charge on any atom is 0.256 e. The average Bonchev–Trinajstić information content (AvgIpc) is 2.43. The predicted molar refractivity (Wildman–Crippen MR) is 80.9 cm³/mol. The number of hydrogen-bond donors (Lipinski definition) is 2. The van der Waals surface area contributed by atoms with Gasteiger partial charge >= 0.3 is 0 Å². The van der Waals surface area contributed by atoms with Crippen LogP contribution in [0.1, 0.15) is 43.0 Å². The van der Waals surface area contributed by atoms with E-state index in [-0.39, 0.29) is 24.2 Å². The first-order chi connectivity index (χ1) is 10.2. The van der Waals surface area contributed by atoms with Gasteiger partial charge in [-0.2, -0.15) is 0 Å². The number of aliphatic hydroxyl groups excluding tert-OH is 1. The predicted octanol–water partition coefficient (Wildman–Crippen LogP) is 2.63. The van der Waals surface area contributed by atoms with Crippen LogP contribution in [0.15, 0.2) is 18.2 Å². The molecule has 5 heteroatoms. The molecule has 4 nitrogen and oxygen atoms in total. The van der Waals surface area contributed by atoms with Crippen LogP contribution in [-0.2, 0) is 0 Å². The number of carbonyl (C=O) groups excluding carboxylic acids is 1. The van der Waals surface area contributed by atoms with Crippen LogP contribution in [0.5, 0.6) is 0 Å². The highest BCUT2D eigenvalue weighted by atomic mass is 19.1. The van der Waals surface area contributed by atoms with E-state index >= 15 is 0 Å². The van der Waals surface area contributed by atoms with Gasteiger partial charge in [0.15, 0.2) is 0 Å². The minimum atomic E-state index is -0.404. The van der Waals surface area contributed by atoms with E-state index in [0.29, 0.717) is 25.1 Å². The van der Waals surface area contributed by atoms with Crippen molar-refractivity contribution in [3.8, 4) is 0 Å². The van der Waals surface area contributed by atoms with Crippen molar-refractivity contribution < 1.29 is 14.3 Å². The number of anilines is 1. The molecule has 0 unspecified atom stereocenters. The minimum Gasteiger partial charge on any atom is -0.396 e. The summed E-state index contributed by atoms with van der Waals surface area (Å²) in [5, 5.41) is 12.0. The number of para-hydroxylation sites is 1. The van der Waals surface area contributed by atoms with Crippen molar-refractivity contribution in [2.75, 3.05) is 25.0 Å². The van der Waals surface area contributed by atoms with E-state index < -0.39 is 5.82 Å². The number of carbonyl (C=O) groups is 1. The Morgan fingerprint density at radius 2 is 2.24 bits per heavy atom. The first kappa shape index (κ1) is 15.8. The molecule has 1 amide bonds. The molecule has 0 bridgehead atoms. The van der Waals surface area contributed by atoms with Crippen LogP contribution in [0.3, 0.4) is 0 Å². The summed E-state index contributed by atoms with van der Waals surface area (Å²) < 4.78 is 13.9. The van der Waals surface area contributed by atoms with Crippen LogP contribution in [0.4, 0.5) is 10.1 Å². The quantitative estimate of drug-likeness (QED) is 0.813. The molecule has 1 aromatic carbocycles. The number of rotatable bonds is 7. The van der Waals surface area contributed by atoms with Crippen LogP contribution < -0.4 is 5.32 Å². The Morgan fingerprint density at radius 3 is 2.81 bits per heavy atom. The minimum absolute atomic E-state index is 0.0553. The molecule has 0 radical (unpaired) electrons. The number of amides is 1. The van der Waals surface area contributed by atoms with Gasteiger partial charge in [0.2, 0.25) is 0 Å². The third-order valence-electron chi connectivity index (χ3n) is 3.93. The van der Waals surface area contributed by atoms with Gasteiger partial charge in [0.05, 0.1) is 11.3 Å². The Kier molecular flexibility index (Phi) is 5.56. The van der Waals surface area contributed by atoms with Crippen LogP contribution in [0.2, 0.25) is 0 Å². The first-order valence-corrected chi connectivity index (χ1v) is 7.63. The molecule has 2 N–H and O–H groups in total. The van der Waals surface area contributed by atoms with Gasteiger partial charge in [-0.3, -0.25) is 4.79 Å². The van der Waals surface area contributed by atoms with Gasteiger partial charge in [-0.25, -0.2) is 4.39 Å². The highest BCUT2D eigenvalue weighted by Crippen LogP contribution is 2.29. The molecular formula is C16H23FN2O2. The summed E-state index contributed by atoms with van der Waals surface area (Å²) in [4.78, 5) is 14.6. The molecule has 1 saturated carbocycles. The summed E-state index contributed by atoms with van der Waals surface area (Å²) in [7, 11) is 0. The van der Waals surface area contributed by atoms with Crippen LogP contribution in [-0.4, -0.2) is 41.7 Å². The molecular weight excluding hydrogens is 271 g/mol. The summed E-state index contributed by atoms with van der Waals surface area (Å²) in [5.41, 5.74) is 0.653. The van der Waals surface area contributed by atoms with Gasteiger partial charge in [0.25, 0.3) is 5.91 Å². The van der Waals surface area contributed by atoms with Gasteiger partial charge in [-0.1, -0.05) is 6.07 Å². The molecule has 1 aromatic rings. The SMILES string of the molecule is CCNc1c(F)cccc1C(=O)N(CCCO)C1CCC1. The normalized spacial score (nSPS) is 14.6. The molecule has 0 heterocycles. The molecule has 116 valence electrons. The maximum atomic E-state index is 13.9. The summed E-state index contributed by atoms with van der Waals surface area (Å²) >= 11 is 0. The van der Waals surface area contributed by atoms with Crippen molar-refractivity contribution in [3.05, 3.63) is 29.6 Å². The van der Waals surface area contributed by atoms with E-state index in [1.54, 1.807) is 17.0 Å². The zero-order valence-electron chi connectivity index (χ0n) is 12.4. The molecule has 1 aliphatic rings. The molecule has 0 spiro atoms. The van der Waals surface area contributed by atoms with E-state index in [9.17, 15) is 9.18 Å². The van der Waals surface area contributed by atoms with E-state index in [0.717, 1.165) is 19.3 Å². The summed E-state index contributed by atoms with van der Waals surface area (Å²) in [6.07, 6.45) is 3.65. The van der Waals surface area contributed by atoms with E-state index in [1.165, 1.54) is 6.07 Å². The Morgan fingerprint density at radius 1 is 1.48 bits per heavy atom. The molecule has 0 atom stereocenters. The number of aliphatic hydroxyl groups is 1. The van der Waals surface area contributed by atoms with Crippen LogP contribution >= 0.6 is 0 Å². The van der Waals surface area contributed by atoms with Gasteiger partial charge in [-0.05, 0) is 44.7 Å². The third-order valence-corrected chi connectivity index (χ3v) is 3.93. The Bertz CT molecular complexity index is 489. The highest BCUT2D eigenvalue weighted by Gasteiger charge is 2.30. The fourth-order valence-electron chi connectivity index (χ4n) is 2.60. The Labute approximate surface area is 125 Å². The van der Waals surface area contributed by atoms with Crippen molar-refractivity contribution in [2.24, 2.45) is 0 Å². The second kappa shape index (κ2) is 7.41. The van der Waals surface area contributed by atoms with Crippen molar-refractivity contribution in [3.63, 3.8) is 0 Å². The van der Waals surface area contributed by atoms with Gasteiger partial charge < -0.3 is 15.3 Å². The standard InChI is InChI=1S/C16H23FN2O2/c1-2-18-15-13(8-4-9-14(15)17)16(21)19(10-5-11-20)12-6-3-7-12/h4,8-9,12,18,20H,2-3,5-7,10-11H2,1H3.